The van der Waals surface area contributed by atoms with E-state index in [0.717, 1.165) is 24.5 Å². The molecule has 0 spiro atoms. The van der Waals surface area contributed by atoms with Crippen LogP contribution in [0.4, 0.5) is 0 Å². The average molecular weight is 283 g/mol. The minimum atomic E-state index is -0.527. The molecule has 0 radical (unpaired) electrons. The Bertz CT molecular complexity index is 376. The second-order valence-corrected chi connectivity index (χ2v) is 6.45. The van der Waals surface area contributed by atoms with Gasteiger partial charge in [0.15, 0.2) is 0 Å². The first-order valence-electron chi connectivity index (χ1n) is 6.64. The lowest BCUT2D eigenvalue weighted by molar-refractivity contribution is -0.133. The minimum Gasteiger partial charge on any atom is -0.339 e. The van der Waals surface area contributed by atoms with E-state index in [2.05, 4.69) is 18.7 Å². The summed E-state index contributed by atoms with van der Waals surface area (Å²) in [6.45, 7) is 6.57. The quantitative estimate of drug-likeness (QED) is 0.830. The predicted octanol–water partition coefficient (Wildman–Crippen LogP) is 1.79. The lowest BCUT2D eigenvalue weighted by Crippen LogP contribution is -2.43. The van der Waals surface area contributed by atoms with Crippen LogP contribution in [0.3, 0.4) is 0 Å². The number of hydrogen-bond acceptors (Lipinski definition) is 4. The summed E-state index contributed by atoms with van der Waals surface area (Å²) in [5.74, 6) is 0.472. The standard InChI is InChI=1S/C14H25N3OS/c1-11(2)10-17(8-7-16(3)4)14(18)13(15)12-6-5-9-19-12/h5-6,9,11,13H,7-8,10,15H2,1-4H3. The van der Waals surface area contributed by atoms with E-state index in [1.54, 1.807) is 0 Å². The summed E-state index contributed by atoms with van der Waals surface area (Å²) in [7, 11) is 4.02. The van der Waals surface area contributed by atoms with Crippen LogP contribution in [0.25, 0.3) is 0 Å². The van der Waals surface area contributed by atoms with Crippen LogP contribution in [0.5, 0.6) is 0 Å². The highest BCUT2D eigenvalue weighted by molar-refractivity contribution is 7.10. The summed E-state index contributed by atoms with van der Waals surface area (Å²) in [5.41, 5.74) is 6.07. The third kappa shape index (κ3) is 5.30. The summed E-state index contributed by atoms with van der Waals surface area (Å²) in [6, 6.07) is 3.33. The van der Waals surface area contributed by atoms with Gasteiger partial charge in [-0.2, -0.15) is 0 Å². The van der Waals surface area contributed by atoms with Crippen LogP contribution in [0.2, 0.25) is 0 Å². The van der Waals surface area contributed by atoms with E-state index in [4.69, 9.17) is 5.73 Å². The van der Waals surface area contributed by atoms with E-state index >= 15 is 0 Å². The van der Waals surface area contributed by atoms with Crippen LogP contribution >= 0.6 is 11.3 Å². The number of likely N-dealkylation sites (N-methyl/N-ethyl adjacent to an activating group) is 1. The number of carbonyl (C=O) groups excluding carboxylic acids is 1. The van der Waals surface area contributed by atoms with Crippen molar-refractivity contribution >= 4 is 17.2 Å². The highest BCUT2D eigenvalue weighted by atomic mass is 32.1. The minimum absolute atomic E-state index is 0.0259. The number of nitrogens with two attached hydrogens (primary N) is 1. The Labute approximate surface area is 120 Å². The van der Waals surface area contributed by atoms with Gasteiger partial charge in [0.25, 0.3) is 0 Å². The molecule has 19 heavy (non-hydrogen) atoms. The number of thiophene rings is 1. The molecule has 108 valence electrons. The van der Waals surface area contributed by atoms with Crippen molar-refractivity contribution in [2.45, 2.75) is 19.9 Å². The zero-order valence-corrected chi connectivity index (χ0v) is 13.1. The lowest BCUT2D eigenvalue weighted by atomic mass is 10.1. The number of hydrogen-bond donors (Lipinski definition) is 1. The van der Waals surface area contributed by atoms with Gasteiger partial charge in [-0.25, -0.2) is 0 Å². The van der Waals surface area contributed by atoms with E-state index in [-0.39, 0.29) is 5.91 Å². The molecule has 4 nitrogen and oxygen atoms in total. The number of rotatable bonds is 7. The molecule has 1 heterocycles. The third-order valence-electron chi connectivity index (χ3n) is 2.83. The van der Waals surface area contributed by atoms with Crippen LogP contribution in [0.1, 0.15) is 24.8 Å². The normalized spacial score (nSPS) is 13.0. The van der Waals surface area contributed by atoms with Crippen molar-refractivity contribution in [2.24, 2.45) is 11.7 Å². The highest BCUT2D eigenvalue weighted by Crippen LogP contribution is 2.19. The van der Waals surface area contributed by atoms with Crippen LogP contribution in [-0.4, -0.2) is 49.4 Å². The predicted molar refractivity (Wildman–Crippen MR) is 81.2 cm³/mol. The van der Waals surface area contributed by atoms with E-state index in [1.165, 1.54) is 11.3 Å². The molecule has 0 saturated carbocycles. The summed E-state index contributed by atoms with van der Waals surface area (Å²) in [4.78, 5) is 17.4. The Balaban J connectivity index is 2.69. The van der Waals surface area contributed by atoms with Gasteiger partial charge in [0, 0.05) is 24.5 Å². The molecule has 0 bridgehead atoms. The van der Waals surface area contributed by atoms with Crippen molar-refractivity contribution in [2.75, 3.05) is 33.7 Å². The van der Waals surface area contributed by atoms with Crippen LogP contribution < -0.4 is 5.73 Å². The molecule has 1 unspecified atom stereocenters. The fraction of sp³-hybridized carbons (Fsp3) is 0.643. The Morgan fingerprint density at radius 3 is 2.53 bits per heavy atom. The van der Waals surface area contributed by atoms with Crippen molar-refractivity contribution in [1.82, 2.24) is 9.80 Å². The molecule has 2 N–H and O–H groups in total. The van der Waals surface area contributed by atoms with E-state index in [0.29, 0.717) is 5.92 Å². The zero-order valence-electron chi connectivity index (χ0n) is 12.3. The first kappa shape index (κ1) is 16.1. The van der Waals surface area contributed by atoms with E-state index < -0.39 is 6.04 Å². The summed E-state index contributed by atoms with van der Waals surface area (Å²) in [5, 5.41) is 1.95. The Morgan fingerprint density at radius 1 is 1.37 bits per heavy atom. The van der Waals surface area contributed by atoms with Crippen molar-refractivity contribution in [1.29, 1.82) is 0 Å². The molecule has 1 atom stereocenters. The topological polar surface area (TPSA) is 49.6 Å². The molecule has 1 aromatic heterocycles. The number of carbonyl (C=O) groups is 1. The second kappa shape index (κ2) is 7.62. The van der Waals surface area contributed by atoms with Gasteiger partial charge < -0.3 is 15.5 Å². The third-order valence-corrected chi connectivity index (χ3v) is 3.79. The maximum Gasteiger partial charge on any atom is 0.244 e. The first-order valence-corrected chi connectivity index (χ1v) is 7.52. The Hall–Kier alpha value is -0.910. The van der Waals surface area contributed by atoms with Gasteiger partial charge in [-0.3, -0.25) is 4.79 Å². The lowest BCUT2D eigenvalue weighted by Gasteiger charge is -2.28. The largest absolute Gasteiger partial charge is 0.339 e. The highest BCUT2D eigenvalue weighted by Gasteiger charge is 2.23. The molecular weight excluding hydrogens is 258 g/mol. The van der Waals surface area contributed by atoms with E-state index in [1.807, 2.05) is 36.5 Å². The van der Waals surface area contributed by atoms with Crippen molar-refractivity contribution in [3.05, 3.63) is 22.4 Å². The van der Waals surface area contributed by atoms with Gasteiger partial charge in [-0.1, -0.05) is 19.9 Å². The second-order valence-electron chi connectivity index (χ2n) is 5.47. The molecule has 0 fully saturated rings. The van der Waals surface area contributed by atoms with Crippen molar-refractivity contribution in [3.63, 3.8) is 0 Å². The smallest absolute Gasteiger partial charge is 0.244 e. The fourth-order valence-electron chi connectivity index (χ4n) is 1.84. The molecule has 0 saturated heterocycles. The summed E-state index contributed by atoms with van der Waals surface area (Å²) in [6.07, 6.45) is 0. The Kier molecular flexibility index (Phi) is 6.48. The van der Waals surface area contributed by atoms with Gasteiger partial charge in [-0.05, 0) is 31.5 Å². The summed E-state index contributed by atoms with van der Waals surface area (Å²) < 4.78 is 0. The van der Waals surface area contributed by atoms with Crippen LogP contribution in [0.15, 0.2) is 17.5 Å². The number of amides is 1. The summed E-state index contributed by atoms with van der Waals surface area (Å²) >= 11 is 1.54. The van der Waals surface area contributed by atoms with Gasteiger partial charge in [-0.15, -0.1) is 11.3 Å². The van der Waals surface area contributed by atoms with Gasteiger partial charge in [0.05, 0.1) is 0 Å². The molecular formula is C14H25N3OS. The molecule has 0 aliphatic carbocycles. The zero-order chi connectivity index (χ0) is 14.4. The molecule has 1 aromatic rings. The van der Waals surface area contributed by atoms with Gasteiger partial charge in [0.2, 0.25) is 5.91 Å². The molecule has 0 aliphatic heterocycles. The molecule has 0 aliphatic rings. The SMILES string of the molecule is CC(C)CN(CCN(C)C)C(=O)C(N)c1cccs1. The molecule has 1 amide bonds. The maximum atomic E-state index is 12.5. The molecule has 0 aromatic carbocycles. The fourth-order valence-corrected chi connectivity index (χ4v) is 2.56. The van der Waals surface area contributed by atoms with Gasteiger partial charge >= 0.3 is 0 Å². The molecule has 5 heteroatoms. The van der Waals surface area contributed by atoms with Crippen molar-refractivity contribution in [3.8, 4) is 0 Å². The molecule has 1 rings (SSSR count). The van der Waals surface area contributed by atoms with E-state index in [9.17, 15) is 4.79 Å². The number of nitrogens with zero attached hydrogens (tertiary/aromatic N) is 2. The van der Waals surface area contributed by atoms with Crippen LogP contribution in [-0.2, 0) is 4.79 Å². The van der Waals surface area contributed by atoms with Crippen molar-refractivity contribution < 1.29 is 4.79 Å². The maximum absolute atomic E-state index is 12.5. The van der Waals surface area contributed by atoms with Crippen LogP contribution in [0, 0.1) is 5.92 Å². The average Bonchev–Trinajstić information content (AvgIpc) is 2.85. The first-order chi connectivity index (χ1) is 8.91. The monoisotopic (exact) mass is 283 g/mol. The van der Waals surface area contributed by atoms with Gasteiger partial charge in [0.1, 0.15) is 6.04 Å². The Morgan fingerprint density at radius 2 is 2.05 bits per heavy atom.